The molecular formula is C17H25NO4. The summed E-state index contributed by atoms with van der Waals surface area (Å²) in [7, 11) is 0. The fourth-order valence-electron chi connectivity index (χ4n) is 2.12. The summed E-state index contributed by atoms with van der Waals surface area (Å²) in [5, 5.41) is 11.4. The first kappa shape index (κ1) is 18.0. The maximum atomic E-state index is 11.9. The van der Waals surface area contributed by atoms with E-state index in [-0.39, 0.29) is 25.0 Å². The van der Waals surface area contributed by atoms with E-state index in [4.69, 9.17) is 9.84 Å². The number of aliphatic carboxylic acids is 1. The van der Waals surface area contributed by atoms with Crippen molar-refractivity contribution in [3.63, 3.8) is 0 Å². The van der Waals surface area contributed by atoms with Gasteiger partial charge in [-0.25, -0.2) is 0 Å². The van der Waals surface area contributed by atoms with Gasteiger partial charge in [-0.3, -0.25) is 9.59 Å². The minimum absolute atomic E-state index is 0.0394. The van der Waals surface area contributed by atoms with Crippen molar-refractivity contribution >= 4 is 11.9 Å². The van der Waals surface area contributed by atoms with E-state index in [1.165, 1.54) is 0 Å². The van der Waals surface area contributed by atoms with Crippen LogP contribution in [0.1, 0.15) is 50.7 Å². The summed E-state index contributed by atoms with van der Waals surface area (Å²) in [4.78, 5) is 22.4. The predicted octanol–water partition coefficient (Wildman–Crippen LogP) is 2.87. The molecular weight excluding hydrogens is 282 g/mol. The smallest absolute Gasteiger partial charge is 0.303 e. The zero-order chi connectivity index (χ0) is 16.7. The second kappa shape index (κ2) is 8.41. The van der Waals surface area contributed by atoms with E-state index in [0.29, 0.717) is 12.3 Å². The highest BCUT2D eigenvalue weighted by molar-refractivity contribution is 5.78. The number of ether oxygens (including phenoxy) is 1. The maximum Gasteiger partial charge on any atom is 0.303 e. The van der Waals surface area contributed by atoms with Gasteiger partial charge < -0.3 is 15.2 Å². The Morgan fingerprint density at radius 1 is 1.27 bits per heavy atom. The zero-order valence-electron chi connectivity index (χ0n) is 13.7. The van der Waals surface area contributed by atoms with Gasteiger partial charge in [-0.2, -0.15) is 0 Å². The zero-order valence-corrected chi connectivity index (χ0v) is 13.7. The molecule has 0 saturated heterocycles. The maximum absolute atomic E-state index is 11.9. The molecule has 1 aromatic rings. The molecule has 1 aromatic carbocycles. The summed E-state index contributed by atoms with van der Waals surface area (Å²) < 4.78 is 5.64. The van der Waals surface area contributed by atoms with E-state index in [2.05, 4.69) is 19.2 Å². The normalized spacial score (nSPS) is 12.0. The largest absolute Gasteiger partial charge is 0.483 e. The second-order valence-corrected chi connectivity index (χ2v) is 5.89. The van der Waals surface area contributed by atoms with Crippen LogP contribution in [-0.4, -0.2) is 29.6 Å². The van der Waals surface area contributed by atoms with E-state index < -0.39 is 5.97 Å². The first-order chi connectivity index (χ1) is 10.3. The van der Waals surface area contributed by atoms with E-state index in [1.807, 2.05) is 25.1 Å². The molecule has 22 heavy (non-hydrogen) atoms. The Labute approximate surface area is 131 Å². The third kappa shape index (κ3) is 6.16. The van der Waals surface area contributed by atoms with Crippen LogP contribution in [0, 0.1) is 6.92 Å². The Morgan fingerprint density at radius 2 is 1.95 bits per heavy atom. The topological polar surface area (TPSA) is 75.6 Å². The lowest BCUT2D eigenvalue weighted by Crippen LogP contribution is -2.36. The number of carbonyl (C=O) groups excluding carboxylic acids is 1. The number of carboxylic acids is 1. The average molecular weight is 307 g/mol. The highest BCUT2D eigenvalue weighted by Crippen LogP contribution is 2.27. The molecule has 2 N–H and O–H groups in total. The molecule has 0 fully saturated rings. The van der Waals surface area contributed by atoms with E-state index >= 15 is 0 Å². The quantitative estimate of drug-likeness (QED) is 0.774. The van der Waals surface area contributed by atoms with Crippen molar-refractivity contribution in [1.82, 2.24) is 5.32 Å². The highest BCUT2D eigenvalue weighted by atomic mass is 16.5. The number of amides is 1. The summed E-state index contributed by atoms with van der Waals surface area (Å²) in [6.07, 6.45) is 0.445. The Hall–Kier alpha value is -2.04. The Morgan fingerprint density at radius 3 is 2.55 bits per heavy atom. The first-order valence-electron chi connectivity index (χ1n) is 7.54. The number of hydrogen-bond donors (Lipinski definition) is 2. The Bertz CT molecular complexity index is 525. The van der Waals surface area contributed by atoms with Crippen LogP contribution in [-0.2, 0) is 9.59 Å². The van der Waals surface area contributed by atoms with Gasteiger partial charge in [-0.1, -0.05) is 26.0 Å². The van der Waals surface area contributed by atoms with Gasteiger partial charge in [0, 0.05) is 12.5 Å². The third-order valence-corrected chi connectivity index (χ3v) is 3.35. The summed E-state index contributed by atoms with van der Waals surface area (Å²) >= 11 is 0. The number of aryl methyl sites for hydroxylation is 1. The van der Waals surface area contributed by atoms with Gasteiger partial charge in [0.05, 0.1) is 0 Å². The number of rotatable bonds is 8. The van der Waals surface area contributed by atoms with Crippen LogP contribution in [0.2, 0.25) is 0 Å². The molecule has 1 atom stereocenters. The monoisotopic (exact) mass is 307 g/mol. The average Bonchev–Trinajstić information content (AvgIpc) is 2.42. The Balaban J connectivity index is 2.53. The van der Waals surface area contributed by atoms with Crippen molar-refractivity contribution in [2.24, 2.45) is 0 Å². The molecule has 0 aliphatic rings. The lowest BCUT2D eigenvalue weighted by molar-refractivity contribution is -0.137. The number of carboxylic acid groups (broad SMARTS) is 1. The molecule has 0 spiro atoms. The molecule has 0 aliphatic carbocycles. The number of nitrogens with one attached hydrogen (secondary N) is 1. The third-order valence-electron chi connectivity index (χ3n) is 3.35. The van der Waals surface area contributed by atoms with Crippen molar-refractivity contribution in [2.75, 3.05) is 6.61 Å². The minimum atomic E-state index is -0.862. The van der Waals surface area contributed by atoms with Crippen LogP contribution >= 0.6 is 0 Å². The molecule has 122 valence electrons. The molecule has 0 heterocycles. The van der Waals surface area contributed by atoms with Crippen molar-refractivity contribution in [2.45, 2.75) is 52.5 Å². The van der Waals surface area contributed by atoms with Gasteiger partial charge in [-0.05, 0) is 43.4 Å². The molecule has 0 aliphatic heterocycles. The first-order valence-corrected chi connectivity index (χ1v) is 7.54. The molecule has 0 bridgehead atoms. The molecule has 1 rings (SSSR count). The Kier molecular flexibility index (Phi) is 6.89. The highest BCUT2D eigenvalue weighted by Gasteiger charge is 2.12. The summed E-state index contributed by atoms with van der Waals surface area (Å²) in [6, 6.07) is 5.78. The van der Waals surface area contributed by atoms with Gasteiger partial charge in [0.1, 0.15) is 5.75 Å². The summed E-state index contributed by atoms with van der Waals surface area (Å²) in [5.74, 6) is -0.0655. The van der Waals surface area contributed by atoms with Crippen LogP contribution in [0.3, 0.4) is 0 Å². The van der Waals surface area contributed by atoms with Crippen LogP contribution < -0.4 is 10.1 Å². The van der Waals surface area contributed by atoms with Crippen LogP contribution in [0.25, 0.3) is 0 Å². The fourth-order valence-corrected chi connectivity index (χ4v) is 2.12. The molecule has 1 unspecified atom stereocenters. The van der Waals surface area contributed by atoms with Crippen molar-refractivity contribution in [3.05, 3.63) is 29.3 Å². The van der Waals surface area contributed by atoms with E-state index in [0.717, 1.165) is 16.9 Å². The van der Waals surface area contributed by atoms with Gasteiger partial charge in [-0.15, -0.1) is 0 Å². The number of hydrogen-bond acceptors (Lipinski definition) is 3. The van der Waals surface area contributed by atoms with Crippen LogP contribution in [0.4, 0.5) is 0 Å². The summed E-state index contributed by atoms with van der Waals surface area (Å²) in [6.45, 7) is 7.84. The standard InChI is InChI=1S/C17H25NO4/c1-11(2)14-7-5-12(3)9-15(14)22-10-16(19)18-13(4)6-8-17(20)21/h5,7,9,11,13H,6,8,10H2,1-4H3,(H,18,19)(H,20,21). The van der Waals surface area contributed by atoms with Crippen molar-refractivity contribution < 1.29 is 19.4 Å². The summed E-state index contributed by atoms with van der Waals surface area (Å²) in [5.41, 5.74) is 2.15. The molecule has 5 nitrogen and oxygen atoms in total. The fraction of sp³-hybridized carbons (Fsp3) is 0.529. The van der Waals surface area contributed by atoms with Crippen molar-refractivity contribution in [3.8, 4) is 5.75 Å². The molecule has 5 heteroatoms. The van der Waals surface area contributed by atoms with Gasteiger partial charge in [0.15, 0.2) is 6.61 Å². The van der Waals surface area contributed by atoms with Gasteiger partial charge in [0.25, 0.3) is 5.91 Å². The van der Waals surface area contributed by atoms with E-state index in [9.17, 15) is 9.59 Å². The van der Waals surface area contributed by atoms with Gasteiger partial charge >= 0.3 is 5.97 Å². The van der Waals surface area contributed by atoms with E-state index in [1.54, 1.807) is 6.92 Å². The second-order valence-electron chi connectivity index (χ2n) is 5.89. The number of benzene rings is 1. The molecule has 0 aromatic heterocycles. The molecule has 0 saturated carbocycles. The van der Waals surface area contributed by atoms with Gasteiger partial charge in [0.2, 0.25) is 0 Å². The van der Waals surface area contributed by atoms with Crippen LogP contribution in [0.15, 0.2) is 18.2 Å². The lowest BCUT2D eigenvalue weighted by atomic mass is 10.0. The SMILES string of the molecule is Cc1ccc(C(C)C)c(OCC(=O)NC(C)CCC(=O)O)c1. The minimum Gasteiger partial charge on any atom is -0.483 e. The van der Waals surface area contributed by atoms with Crippen LogP contribution in [0.5, 0.6) is 5.75 Å². The molecule has 0 radical (unpaired) electrons. The predicted molar refractivity (Wildman–Crippen MR) is 85.2 cm³/mol. The van der Waals surface area contributed by atoms with Crippen molar-refractivity contribution in [1.29, 1.82) is 0 Å². The lowest BCUT2D eigenvalue weighted by Gasteiger charge is -2.16. The number of carbonyl (C=O) groups is 2. The molecule has 1 amide bonds.